The summed E-state index contributed by atoms with van der Waals surface area (Å²) in [5.74, 6) is 1.38. The van der Waals surface area contributed by atoms with Gasteiger partial charge in [-0.05, 0) is 236 Å². The summed E-state index contributed by atoms with van der Waals surface area (Å²) in [6.45, 7) is 10.9. The van der Waals surface area contributed by atoms with E-state index in [9.17, 15) is 15.0 Å². The molecule has 608 valence electrons. The minimum atomic E-state index is -1.14. The number of unbranched alkanes of at least 4 members (excludes halogenated alkanes) is 3. The third kappa shape index (κ3) is 24.1. The molecule has 9 aromatic carbocycles. The van der Waals surface area contributed by atoms with Gasteiger partial charge in [0.25, 0.3) is 0 Å². The number of nitrogens with zero attached hydrogens (tertiary/aromatic N) is 6. The van der Waals surface area contributed by atoms with Crippen molar-refractivity contribution in [1.82, 2.24) is 24.8 Å². The molecule has 116 heavy (non-hydrogen) atoms. The molecule has 2 N–H and O–H groups in total. The van der Waals surface area contributed by atoms with Gasteiger partial charge >= 0.3 is 0 Å². The van der Waals surface area contributed by atoms with E-state index in [0.717, 1.165) is 153 Å². The predicted octanol–water partition coefficient (Wildman–Crippen LogP) is 24.3. The van der Waals surface area contributed by atoms with Gasteiger partial charge in [0.2, 0.25) is 17.6 Å². The normalized spacial score (nSPS) is 15.8. The number of pyridine rings is 3. The van der Waals surface area contributed by atoms with E-state index in [2.05, 4.69) is 167 Å². The zero-order chi connectivity index (χ0) is 80.3. The fourth-order valence-electron chi connectivity index (χ4n) is 17.3. The monoisotopic (exact) mass is 1750 g/mol. The van der Waals surface area contributed by atoms with Crippen molar-refractivity contribution >= 4 is 86.3 Å². The molecule has 12 aromatic rings. The van der Waals surface area contributed by atoms with Crippen molar-refractivity contribution in [3.05, 3.63) is 318 Å². The first-order valence-electron chi connectivity index (χ1n) is 41.6. The van der Waals surface area contributed by atoms with Crippen LogP contribution in [0, 0.1) is 0 Å². The number of aliphatic hydroxyl groups is 2. The highest BCUT2D eigenvalue weighted by Gasteiger charge is 2.44. The molecule has 0 saturated carbocycles. The number of aromatic nitrogens is 3. The van der Waals surface area contributed by atoms with Crippen molar-refractivity contribution in [2.24, 2.45) is 0 Å². The Balaban J connectivity index is 0.000000160. The molecule has 3 aliphatic heterocycles. The number of halogens is 3. The van der Waals surface area contributed by atoms with Gasteiger partial charge in [0.05, 0.1) is 64.6 Å². The van der Waals surface area contributed by atoms with Crippen LogP contribution in [0.3, 0.4) is 0 Å². The van der Waals surface area contributed by atoms with Crippen molar-refractivity contribution in [3.8, 4) is 17.6 Å². The number of hydrogen-bond donors (Lipinski definition) is 2. The summed E-state index contributed by atoms with van der Waals surface area (Å²) in [5, 5.41) is 28.9. The van der Waals surface area contributed by atoms with E-state index in [1.807, 2.05) is 158 Å². The number of carbonyl (C=O) groups excluding carboxylic acids is 1. The Bertz CT molecular complexity index is 4980. The Morgan fingerprint density at radius 1 is 0.431 bits per heavy atom. The second kappa shape index (κ2) is 44.4. The van der Waals surface area contributed by atoms with Crippen molar-refractivity contribution in [1.29, 1.82) is 0 Å². The quantitative estimate of drug-likeness (QED) is 0.0264. The van der Waals surface area contributed by atoms with Crippen LogP contribution in [0.4, 0.5) is 0 Å². The van der Waals surface area contributed by atoms with Crippen LogP contribution in [-0.4, -0.2) is 133 Å². The summed E-state index contributed by atoms with van der Waals surface area (Å²) in [7, 11) is 7.41. The summed E-state index contributed by atoms with van der Waals surface area (Å²) >= 11 is 10.7. The van der Waals surface area contributed by atoms with E-state index in [1.165, 1.54) is 109 Å². The zero-order valence-corrected chi connectivity index (χ0v) is 72.3. The number of quaternary nitrogens is 1. The minimum absolute atomic E-state index is 0. The van der Waals surface area contributed by atoms with Gasteiger partial charge in [-0.15, -0.1) is 0 Å². The average molecular weight is 1750 g/mol. The van der Waals surface area contributed by atoms with E-state index < -0.39 is 11.2 Å². The molecule has 3 saturated heterocycles. The molecule has 15 rings (SSSR count). The van der Waals surface area contributed by atoms with Gasteiger partial charge in [-0.3, -0.25) is 4.79 Å². The minimum Gasteiger partial charge on any atom is -0.481 e. The number of rotatable bonds is 29. The molecule has 4 atom stereocenters. The maximum atomic E-state index is 12.9. The van der Waals surface area contributed by atoms with Crippen LogP contribution in [-0.2, 0) is 17.6 Å². The lowest BCUT2D eigenvalue weighted by Gasteiger charge is -2.40. The van der Waals surface area contributed by atoms with Crippen LogP contribution in [0.2, 0.25) is 0 Å². The van der Waals surface area contributed by atoms with Gasteiger partial charge < -0.3 is 38.7 Å². The van der Waals surface area contributed by atoms with Gasteiger partial charge in [-0.2, -0.15) is 0 Å². The first kappa shape index (κ1) is 88.3. The molecule has 6 heterocycles. The molecule has 0 aliphatic carbocycles. The fraction of sp³-hybridized carbons (Fsp3) is 0.366. The number of ether oxygens (including phenoxy) is 3. The lowest BCUT2D eigenvalue weighted by molar-refractivity contribution is -0.914. The molecule has 4 unspecified atom stereocenters. The van der Waals surface area contributed by atoms with Crippen molar-refractivity contribution < 1.29 is 33.7 Å². The highest BCUT2D eigenvalue weighted by Crippen LogP contribution is 2.50. The maximum absolute atomic E-state index is 12.9. The van der Waals surface area contributed by atoms with Crippen LogP contribution >= 0.6 is 47.8 Å². The lowest BCUT2D eigenvalue weighted by atomic mass is 9.71. The third-order valence-corrected chi connectivity index (χ3v) is 24.8. The summed E-state index contributed by atoms with van der Waals surface area (Å²) in [5.41, 5.74) is 9.34. The number of hydrogen-bond acceptors (Lipinski definition) is 11. The molecule has 3 aromatic heterocycles. The SMILES string of the molecule is C.COc1nc2ccc(Br)cc2cc1C(c1ccccc1)C(O)(CCCCN1CCCCC1)c1ccccc1.COc1nc2ccc(Br)cc2cc1C(c1ccccc1)C(O)(CCCC[N+]1(C)CCCCC1)c1ccccc1.COc1nc2ccc(Br)cc2cc1Cc1ccccc1.O=C(CCCCN1CCCCC1)c1ccccc1. The number of methoxy groups -OCH3 is 3. The Morgan fingerprint density at radius 2 is 0.802 bits per heavy atom. The van der Waals surface area contributed by atoms with Crippen LogP contribution in [0.1, 0.15) is 190 Å². The van der Waals surface area contributed by atoms with E-state index in [4.69, 9.17) is 24.2 Å². The molecular weight excluding hydrogens is 1630 g/mol. The van der Waals surface area contributed by atoms with E-state index in [0.29, 0.717) is 36.9 Å². The molecule has 0 radical (unpaired) electrons. The molecule has 12 nitrogen and oxygen atoms in total. The smallest absolute Gasteiger partial charge is 0.217 e. The highest BCUT2D eigenvalue weighted by molar-refractivity contribution is 9.11. The zero-order valence-electron chi connectivity index (χ0n) is 67.5. The number of likely N-dealkylation sites (tertiary alicyclic amines) is 3. The number of fused-ring (bicyclic) bond motifs is 3. The van der Waals surface area contributed by atoms with Crippen LogP contribution < -0.4 is 14.2 Å². The van der Waals surface area contributed by atoms with Gasteiger partial charge in [-0.1, -0.05) is 250 Å². The summed E-state index contributed by atoms with van der Waals surface area (Å²) < 4.78 is 21.4. The van der Waals surface area contributed by atoms with Crippen LogP contribution in [0.25, 0.3) is 32.7 Å². The highest BCUT2D eigenvalue weighted by atomic mass is 79.9. The number of carbonyl (C=O) groups is 1. The van der Waals surface area contributed by atoms with E-state index in [-0.39, 0.29) is 25.0 Å². The summed E-state index contributed by atoms with van der Waals surface area (Å²) in [6.07, 6.45) is 21.1. The molecule has 0 amide bonds. The number of Topliss-reactive ketones (excluding diaryl/α,β-unsaturated/α-hetero) is 1. The molecule has 15 heteroatoms. The first-order chi connectivity index (χ1) is 56.1. The van der Waals surface area contributed by atoms with Crippen LogP contribution in [0.5, 0.6) is 17.6 Å². The van der Waals surface area contributed by atoms with Crippen LogP contribution in [0.15, 0.2) is 268 Å². The molecule has 3 aliphatic rings. The van der Waals surface area contributed by atoms with Gasteiger partial charge in [-0.25, -0.2) is 15.0 Å². The van der Waals surface area contributed by atoms with Gasteiger partial charge in [0.15, 0.2) is 5.78 Å². The topological polar surface area (TPSA) is 130 Å². The van der Waals surface area contributed by atoms with Gasteiger partial charge in [0, 0.05) is 76.5 Å². The Kier molecular flexibility index (Phi) is 33.8. The number of piperidine rings is 3. The Morgan fingerprint density at radius 3 is 1.23 bits per heavy atom. The standard InChI is InChI=1S/C34H40BrN2O2.C33H37BrN2O2.C17H14BrNO.C16H23NO.CH4/c1-37(21-11-5-12-22-37)23-13-10-20-34(38,28-16-8-4-9-17-28)32(26-14-6-3-7-15-26)30-25-27-24-29(35)18-19-31(27)36-33(30)39-2;1-38-32-29(24-26-23-28(34)17-18-30(26)35-32)31(25-13-5-2-6-14-25)33(37,27-15-7-3-8-16-27)19-9-12-22-36-20-10-4-11-21-36;1-20-17-14(9-12-5-3-2-4-6-12)10-13-11-15(18)7-8-16(13)19-17;18-16(15-9-3-1-4-10-15)11-5-8-14-17-12-6-2-7-13-17;/h3-4,6-9,14-19,24-25,32,38H,5,10-13,20-23H2,1-2H3;2-3,5-8,13-18,23-24,31,37H,4,9-12,19-22H2,1H3;2-8,10-11H,9H2,1H3;1,3-4,9-10H,2,5-8,11-14H2;1H4/q+1;;;;. The second-order valence-electron chi connectivity index (χ2n) is 31.6. The summed E-state index contributed by atoms with van der Waals surface area (Å²) in [6, 6.07) is 85.6. The van der Waals surface area contributed by atoms with E-state index >= 15 is 0 Å². The van der Waals surface area contributed by atoms with Gasteiger partial charge in [0.1, 0.15) is 11.2 Å². The number of ketones is 1. The van der Waals surface area contributed by atoms with Crippen molar-refractivity contribution in [2.75, 3.05) is 87.3 Å². The lowest BCUT2D eigenvalue weighted by Crippen LogP contribution is -2.48. The largest absolute Gasteiger partial charge is 0.481 e. The van der Waals surface area contributed by atoms with Crippen molar-refractivity contribution in [2.45, 2.75) is 152 Å². The Labute approximate surface area is 715 Å². The van der Waals surface area contributed by atoms with Crippen molar-refractivity contribution in [3.63, 3.8) is 0 Å². The summed E-state index contributed by atoms with van der Waals surface area (Å²) in [4.78, 5) is 31.4. The average Bonchev–Trinajstić information content (AvgIpc) is 0.756. The second-order valence-corrected chi connectivity index (χ2v) is 34.3. The Hall–Kier alpha value is -8.48. The molecule has 0 spiro atoms. The molecular formula is C101H118Br3N6O6+. The first-order valence-corrected chi connectivity index (χ1v) is 44.0. The predicted molar refractivity (Wildman–Crippen MR) is 489 cm³/mol. The third-order valence-electron chi connectivity index (χ3n) is 23.4. The maximum Gasteiger partial charge on any atom is 0.217 e. The number of benzene rings is 9. The fourth-order valence-corrected chi connectivity index (χ4v) is 18.4. The van der Waals surface area contributed by atoms with E-state index in [1.54, 1.807) is 21.3 Å². The molecule has 3 fully saturated rings. The molecule has 0 bridgehead atoms.